The molecule has 0 spiro atoms. The van der Waals surface area contributed by atoms with Gasteiger partial charge in [-0.3, -0.25) is 10.1 Å². The lowest BCUT2D eigenvalue weighted by atomic mass is 10.1. The number of hydrogen-bond donors (Lipinski definition) is 2. The van der Waals surface area contributed by atoms with Crippen molar-refractivity contribution in [3.8, 4) is 0 Å². The Bertz CT molecular complexity index is 410. The van der Waals surface area contributed by atoms with Crippen LogP contribution in [0.25, 0.3) is 0 Å². The number of nitrogens with zero attached hydrogens (tertiary/aromatic N) is 3. The monoisotopic (exact) mass is 246 g/mol. The molecule has 0 bridgehead atoms. The van der Waals surface area contributed by atoms with Crippen molar-refractivity contribution >= 4 is 23.1 Å². The Morgan fingerprint density at radius 1 is 1.69 bits per heavy atom. The maximum Gasteiger partial charge on any atom is 0.329 e. The molecule has 0 unspecified atom stereocenters. The lowest BCUT2D eigenvalue weighted by Gasteiger charge is -2.23. The molecule has 1 heterocycles. The van der Waals surface area contributed by atoms with E-state index in [1.54, 1.807) is 13.8 Å². The number of aliphatic hydroxyl groups excluding tert-OH is 1. The Kier molecular flexibility index (Phi) is 3.61. The minimum atomic E-state index is -0.734. The minimum absolute atomic E-state index is 0.0101. The number of aromatic nitrogens is 2. The highest BCUT2D eigenvalue weighted by Crippen LogP contribution is 2.24. The van der Waals surface area contributed by atoms with Crippen molar-refractivity contribution in [1.82, 2.24) is 9.97 Å². The largest absolute Gasteiger partial charge is 0.394 e. The number of rotatable bonds is 4. The summed E-state index contributed by atoms with van der Waals surface area (Å²) < 4.78 is 0. The molecule has 88 valence electrons. The summed E-state index contributed by atoms with van der Waals surface area (Å²) >= 11 is 5.55. The first-order chi connectivity index (χ1) is 7.35. The molecule has 0 aliphatic heterocycles. The second kappa shape index (κ2) is 4.58. The van der Waals surface area contributed by atoms with Gasteiger partial charge in [-0.1, -0.05) is 0 Å². The van der Waals surface area contributed by atoms with Crippen molar-refractivity contribution in [3.63, 3.8) is 0 Å². The zero-order chi connectivity index (χ0) is 12.3. The van der Waals surface area contributed by atoms with E-state index in [4.69, 9.17) is 16.7 Å². The molecular formula is C8H11ClN4O3. The quantitative estimate of drug-likeness (QED) is 0.471. The van der Waals surface area contributed by atoms with Crippen molar-refractivity contribution in [2.75, 3.05) is 11.9 Å². The predicted octanol–water partition coefficient (Wildman–Crippen LogP) is 1.22. The van der Waals surface area contributed by atoms with Gasteiger partial charge < -0.3 is 10.4 Å². The van der Waals surface area contributed by atoms with E-state index in [-0.39, 0.29) is 23.4 Å². The molecule has 1 aromatic rings. The fourth-order valence-electron chi connectivity index (χ4n) is 0.940. The van der Waals surface area contributed by atoms with Crippen LogP contribution in [0.1, 0.15) is 13.8 Å². The van der Waals surface area contributed by atoms with Crippen molar-refractivity contribution in [2.45, 2.75) is 19.4 Å². The van der Waals surface area contributed by atoms with Crippen LogP contribution in [-0.4, -0.2) is 32.1 Å². The molecule has 2 N–H and O–H groups in total. The molecule has 0 aromatic carbocycles. The number of anilines is 1. The highest BCUT2D eigenvalue weighted by atomic mass is 35.5. The average molecular weight is 247 g/mol. The first-order valence-corrected chi connectivity index (χ1v) is 4.79. The van der Waals surface area contributed by atoms with Gasteiger partial charge in [-0.15, -0.1) is 0 Å². The molecule has 0 saturated carbocycles. The van der Waals surface area contributed by atoms with E-state index in [1.165, 1.54) is 0 Å². The van der Waals surface area contributed by atoms with Crippen molar-refractivity contribution in [2.24, 2.45) is 0 Å². The van der Waals surface area contributed by atoms with Gasteiger partial charge in [-0.2, -0.15) is 4.98 Å². The van der Waals surface area contributed by atoms with Crippen LogP contribution in [0.15, 0.2) is 6.20 Å². The van der Waals surface area contributed by atoms with Gasteiger partial charge in [0, 0.05) is 0 Å². The highest BCUT2D eigenvalue weighted by molar-refractivity contribution is 6.28. The molecule has 0 saturated heterocycles. The Morgan fingerprint density at radius 3 is 2.81 bits per heavy atom. The van der Waals surface area contributed by atoms with Gasteiger partial charge in [-0.05, 0) is 25.4 Å². The third kappa shape index (κ3) is 3.01. The summed E-state index contributed by atoms with van der Waals surface area (Å²) in [6, 6.07) is 0. The first kappa shape index (κ1) is 12.6. The zero-order valence-electron chi connectivity index (χ0n) is 8.77. The second-order valence-electron chi connectivity index (χ2n) is 3.80. The van der Waals surface area contributed by atoms with Crippen molar-refractivity contribution < 1.29 is 10.0 Å². The summed E-state index contributed by atoms with van der Waals surface area (Å²) in [6.45, 7) is 3.14. The number of halogens is 1. The Labute approximate surface area is 96.6 Å². The smallest absolute Gasteiger partial charge is 0.329 e. The average Bonchev–Trinajstić information content (AvgIpc) is 2.16. The van der Waals surface area contributed by atoms with Crippen LogP contribution in [0.4, 0.5) is 11.5 Å². The molecule has 1 aromatic heterocycles. The maximum absolute atomic E-state index is 10.7. The summed E-state index contributed by atoms with van der Waals surface area (Å²) in [7, 11) is 0. The number of nitro groups is 1. The predicted molar refractivity (Wildman–Crippen MR) is 58.5 cm³/mol. The normalized spacial score (nSPS) is 11.2. The van der Waals surface area contributed by atoms with Crippen LogP contribution in [0.3, 0.4) is 0 Å². The standard InChI is InChI=1S/C8H11ClN4O3/c1-8(2,4-14)12-6-5(13(15)16)3-10-7(9)11-6/h3,14H,4H2,1-2H3,(H,10,11,12). The van der Waals surface area contributed by atoms with E-state index < -0.39 is 10.5 Å². The molecule has 0 aliphatic rings. The van der Waals surface area contributed by atoms with Crippen LogP contribution >= 0.6 is 11.6 Å². The van der Waals surface area contributed by atoms with Gasteiger partial charge in [0.1, 0.15) is 6.20 Å². The van der Waals surface area contributed by atoms with E-state index in [0.29, 0.717) is 0 Å². The summed E-state index contributed by atoms with van der Waals surface area (Å²) in [5.41, 5.74) is -1.02. The van der Waals surface area contributed by atoms with Gasteiger partial charge in [0.2, 0.25) is 11.1 Å². The molecule has 0 radical (unpaired) electrons. The van der Waals surface area contributed by atoms with E-state index >= 15 is 0 Å². The number of aliphatic hydroxyl groups is 1. The van der Waals surface area contributed by atoms with E-state index in [2.05, 4.69) is 15.3 Å². The van der Waals surface area contributed by atoms with Gasteiger partial charge in [0.05, 0.1) is 17.1 Å². The second-order valence-corrected chi connectivity index (χ2v) is 4.14. The molecular weight excluding hydrogens is 236 g/mol. The highest BCUT2D eigenvalue weighted by Gasteiger charge is 2.23. The molecule has 0 aliphatic carbocycles. The van der Waals surface area contributed by atoms with Crippen LogP contribution in [-0.2, 0) is 0 Å². The number of hydrogen-bond acceptors (Lipinski definition) is 6. The molecule has 0 fully saturated rings. The molecule has 0 amide bonds. The maximum atomic E-state index is 10.7. The van der Waals surface area contributed by atoms with E-state index in [0.717, 1.165) is 6.20 Å². The summed E-state index contributed by atoms with van der Waals surface area (Å²) in [6.07, 6.45) is 1.02. The SMILES string of the molecule is CC(C)(CO)Nc1nc(Cl)ncc1[N+](=O)[O-]. The van der Waals surface area contributed by atoms with E-state index in [9.17, 15) is 10.1 Å². The van der Waals surface area contributed by atoms with Crippen LogP contribution in [0, 0.1) is 10.1 Å². The van der Waals surface area contributed by atoms with Gasteiger partial charge >= 0.3 is 5.69 Å². The van der Waals surface area contributed by atoms with Crippen molar-refractivity contribution in [3.05, 3.63) is 21.6 Å². The zero-order valence-corrected chi connectivity index (χ0v) is 9.52. The third-order valence-electron chi connectivity index (χ3n) is 1.79. The van der Waals surface area contributed by atoms with Gasteiger partial charge in [0.25, 0.3) is 0 Å². The Hall–Kier alpha value is -1.47. The lowest BCUT2D eigenvalue weighted by Crippen LogP contribution is -2.35. The Morgan fingerprint density at radius 2 is 2.31 bits per heavy atom. The van der Waals surface area contributed by atoms with Crippen LogP contribution < -0.4 is 5.32 Å². The molecule has 8 heteroatoms. The third-order valence-corrected chi connectivity index (χ3v) is 1.97. The molecule has 7 nitrogen and oxygen atoms in total. The van der Waals surface area contributed by atoms with Gasteiger partial charge in [0.15, 0.2) is 0 Å². The number of nitrogens with one attached hydrogen (secondary N) is 1. The Balaban J connectivity index is 3.10. The molecule has 16 heavy (non-hydrogen) atoms. The lowest BCUT2D eigenvalue weighted by molar-refractivity contribution is -0.384. The van der Waals surface area contributed by atoms with Crippen LogP contribution in [0.2, 0.25) is 5.28 Å². The topological polar surface area (TPSA) is 101 Å². The fourth-order valence-corrected chi connectivity index (χ4v) is 1.07. The molecule has 0 atom stereocenters. The molecule has 1 rings (SSSR count). The van der Waals surface area contributed by atoms with Crippen molar-refractivity contribution in [1.29, 1.82) is 0 Å². The summed E-state index contributed by atoms with van der Waals surface area (Å²) in [5, 5.41) is 22.4. The van der Waals surface area contributed by atoms with Gasteiger partial charge in [-0.25, -0.2) is 4.98 Å². The fraction of sp³-hybridized carbons (Fsp3) is 0.500. The van der Waals surface area contributed by atoms with E-state index in [1.807, 2.05) is 0 Å². The summed E-state index contributed by atoms with van der Waals surface area (Å²) in [4.78, 5) is 17.3. The van der Waals surface area contributed by atoms with Crippen LogP contribution in [0.5, 0.6) is 0 Å². The minimum Gasteiger partial charge on any atom is -0.394 e. The summed E-state index contributed by atoms with van der Waals surface area (Å²) in [5.74, 6) is -0.0101. The first-order valence-electron chi connectivity index (χ1n) is 4.42.